The summed E-state index contributed by atoms with van der Waals surface area (Å²) < 4.78 is 0. The van der Waals surface area contributed by atoms with Gasteiger partial charge in [0.1, 0.15) is 0 Å². The quantitative estimate of drug-likeness (QED) is 0.511. The van der Waals surface area contributed by atoms with E-state index in [4.69, 9.17) is 9.90 Å². The van der Waals surface area contributed by atoms with E-state index in [1.807, 2.05) is 0 Å². The SMILES string of the molecule is CC(=O)O.[Ca+2].[Cu].[H-].[H-]. The van der Waals surface area contributed by atoms with Crippen LogP contribution in [0.1, 0.15) is 9.78 Å². The molecule has 1 radical (unpaired) electrons. The first-order valence-electron chi connectivity index (χ1n) is 0.928. The molecule has 0 aromatic heterocycles. The molecule has 0 heterocycles. The average Bonchev–Trinajstić information content (AvgIpc) is 0.811. The number of aliphatic carboxylic acids is 1. The molecule has 0 aromatic carbocycles. The van der Waals surface area contributed by atoms with E-state index in [9.17, 15) is 0 Å². The first-order chi connectivity index (χ1) is 1.73. The summed E-state index contributed by atoms with van der Waals surface area (Å²) >= 11 is 0. The molecule has 1 N–H and O–H groups in total. The van der Waals surface area contributed by atoms with Gasteiger partial charge >= 0.3 is 37.7 Å². The third kappa shape index (κ3) is 60.7. The standard InChI is InChI=1S/C2H4O2.Ca.Cu.2H/c1-2(3)4;;;;/h1H3,(H,3,4);;;;/q;+2;;2*-1. The predicted molar refractivity (Wildman–Crippen MR) is 21.3 cm³/mol. The summed E-state index contributed by atoms with van der Waals surface area (Å²) in [6, 6.07) is 0. The van der Waals surface area contributed by atoms with E-state index in [2.05, 4.69) is 0 Å². The zero-order chi connectivity index (χ0) is 3.58. The summed E-state index contributed by atoms with van der Waals surface area (Å²) in [7, 11) is 0. The minimum absolute atomic E-state index is 0. The second kappa shape index (κ2) is 9.54. The summed E-state index contributed by atoms with van der Waals surface area (Å²) in [5.41, 5.74) is 0. The predicted octanol–water partition coefficient (Wildman–Crippen LogP) is -0.0674. The van der Waals surface area contributed by atoms with Crippen LogP contribution >= 0.6 is 0 Å². The van der Waals surface area contributed by atoms with E-state index in [0.717, 1.165) is 6.92 Å². The van der Waals surface area contributed by atoms with Gasteiger partial charge in [-0.3, -0.25) is 4.79 Å². The number of rotatable bonds is 0. The number of carboxylic acid groups (broad SMARTS) is 1. The molecule has 0 rings (SSSR count). The van der Waals surface area contributed by atoms with Crippen LogP contribution in [0.3, 0.4) is 0 Å². The molecular formula is C2H6CaCuO2. The first-order valence-corrected chi connectivity index (χ1v) is 0.928. The fourth-order valence-electron chi connectivity index (χ4n) is 0. The average molecular weight is 166 g/mol. The zero-order valence-electron chi connectivity index (χ0n) is 5.36. The topological polar surface area (TPSA) is 37.3 Å². The monoisotopic (exact) mass is 165 g/mol. The van der Waals surface area contributed by atoms with E-state index in [0.29, 0.717) is 0 Å². The van der Waals surface area contributed by atoms with Gasteiger partial charge in [-0.1, -0.05) is 0 Å². The number of carbonyl (C=O) groups is 1. The molecule has 0 aromatic rings. The molecule has 0 aliphatic carbocycles. The molecule has 2 nitrogen and oxygen atoms in total. The third-order valence-electron chi connectivity index (χ3n) is 0. The molecule has 39 valence electrons. The van der Waals surface area contributed by atoms with Crippen molar-refractivity contribution in [2.24, 2.45) is 0 Å². The molecule has 0 spiro atoms. The molecule has 0 aliphatic heterocycles. The molecule has 0 atom stereocenters. The molecule has 0 amide bonds. The van der Waals surface area contributed by atoms with Crippen molar-refractivity contribution in [3.8, 4) is 0 Å². The molecule has 0 unspecified atom stereocenters. The van der Waals surface area contributed by atoms with Gasteiger partial charge in [0.15, 0.2) is 0 Å². The van der Waals surface area contributed by atoms with E-state index in [-0.39, 0.29) is 57.7 Å². The van der Waals surface area contributed by atoms with Crippen molar-refractivity contribution in [2.75, 3.05) is 0 Å². The summed E-state index contributed by atoms with van der Waals surface area (Å²) in [6.07, 6.45) is 0. The maximum Gasteiger partial charge on any atom is 2.00 e. The Morgan fingerprint density at radius 1 is 1.83 bits per heavy atom. The van der Waals surface area contributed by atoms with Crippen molar-refractivity contribution in [3.05, 3.63) is 0 Å². The number of hydrogen-bond acceptors (Lipinski definition) is 1. The minimum atomic E-state index is -0.833. The molecule has 0 saturated carbocycles. The van der Waals surface area contributed by atoms with Gasteiger partial charge in [0, 0.05) is 24.0 Å². The minimum Gasteiger partial charge on any atom is -1.00 e. The summed E-state index contributed by atoms with van der Waals surface area (Å²) in [4.78, 5) is 9.00. The molecular weight excluding hydrogens is 160 g/mol. The Balaban J connectivity index is -0.00000000750. The molecule has 0 aliphatic rings. The second-order valence-corrected chi connectivity index (χ2v) is 0.519. The van der Waals surface area contributed by atoms with Crippen LogP contribution in [0.15, 0.2) is 0 Å². The van der Waals surface area contributed by atoms with Gasteiger partial charge in [0.25, 0.3) is 5.97 Å². The van der Waals surface area contributed by atoms with Crippen LogP contribution in [-0.2, 0) is 21.9 Å². The van der Waals surface area contributed by atoms with E-state index in [1.54, 1.807) is 0 Å². The normalized spacial score (nSPS) is 4.17. The van der Waals surface area contributed by atoms with Gasteiger partial charge in [-0.05, 0) is 0 Å². The van der Waals surface area contributed by atoms with Crippen molar-refractivity contribution in [1.29, 1.82) is 0 Å². The van der Waals surface area contributed by atoms with Crippen molar-refractivity contribution in [2.45, 2.75) is 6.92 Å². The summed E-state index contributed by atoms with van der Waals surface area (Å²) in [6.45, 7) is 1.08. The van der Waals surface area contributed by atoms with E-state index < -0.39 is 5.97 Å². The van der Waals surface area contributed by atoms with Gasteiger partial charge < -0.3 is 7.96 Å². The molecule has 4 heteroatoms. The van der Waals surface area contributed by atoms with Crippen LogP contribution in [-0.4, -0.2) is 48.8 Å². The van der Waals surface area contributed by atoms with Gasteiger partial charge in [-0.25, -0.2) is 0 Å². The maximum atomic E-state index is 9.00. The number of hydrogen-bond donors (Lipinski definition) is 1. The summed E-state index contributed by atoms with van der Waals surface area (Å²) in [5, 5.41) is 7.42. The Kier molecular flexibility index (Phi) is 24.9. The number of carboxylic acids is 1. The smallest absolute Gasteiger partial charge is 1.00 e. The molecule has 6 heavy (non-hydrogen) atoms. The van der Waals surface area contributed by atoms with E-state index in [1.165, 1.54) is 0 Å². The first kappa shape index (κ1) is 15.7. The Morgan fingerprint density at radius 2 is 1.83 bits per heavy atom. The van der Waals surface area contributed by atoms with Crippen LogP contribution in [0.5, 0.6) is 0 Å². The van der Waals surface area contributed by atoms with Crippen LogP contribution in [0.25, 0.3) is 0 Å². The largest absolute Gasteiger partial charge is 2.00 e. The fourth-order valence-corrected chi connectivity index (χ4v) is 0. The summed E-state index contributed by atoms with van der Waals surface area (Å²) in [5.74, 6) is -0.833. The fraction of sp³-hybridized carbons (Fsp3) is 0.500. The van der Waals surface area contributed by atoms with Crippen LogP contribution in [0.2, 0.25) is 0 Å². The van der Waals surface area contributed by atoms with Crippen LogP contribution in [0.4, 0.5) is 0 Å². The molecule has 0 saturated heterocycles. The Labute approximate surface area is 79.7 Å². The zero-order valence-corrected chi connectivity index (χ0v) is 6.51. The van der Waals surface area contributed by atoms with Gasteiger partial charge in [-0.15, -0.1) is 0 Å². The van der Waals surface area contributed by atoms with Crippen molar-refractivity contribution in [1.82, 2.24) is 0 Å². The molecule has 0 fully saturated rings. The van der Waals surface area contributed by atoms with Crippen molar-refractivity contribution >= 4 is 43.7 Å². The van der Waals surface area contributed by atoms with Gasteiger partial charge in [0.2, 0.25) is 0 Å². The van der Waals surface area contributed by atoms with Crippen molar-refractivity contribution in [3.63, 3.8) is 0 Å². The Bertz CT molecular complexity index is 41.0. The Morgan fingerprint density at radius 3 is 1.83 bits per heavy atom. The maximum absolute atomic E-state index is 9.00. The van der Waals surface area contributed by atoms with Crippen LogP contribution in [0, 0.1) is 0 Å². The van der Waals surface area contributed by atoms with Gasteiger partial charge in [0.05, 0.1) is 0 Å². The Hall–Kier alpha value is 1.25. The molecule has 0 bridgehead atoms. The van der Waals surface area contributed by atoms with Crippen molar-refractivity contribution < 1.29 is 29.8 Å². The van der Waals surface area contributed by atoms with Gasteiger partial charge in [-0.2, -0.15) is 0 Å². The van der Waals surface area contributed by atoms with Crippen LogP contribution < -0.4 is 0 Å². The van der Waals surface area contributed by atoms with E-state index >= 15 is 0 Å². The second-order valence-electron chi connectivity index (χ2n) is 0.519. The third-order valence-corrected chi connectivity index (χ3v) is 0.